The third-order valence-corrected chi connectivity index (χ3v) is 8.61. The van der Waals surface area contributed by atoms with Gasteiger partial charge in [0.05, 0.1) is 0 Å². The van der Waals surface area contributed by atoms with Gasteiger partial charge in [-0.15, -0.1) is 0 Å². The summed E-state index contributed by atoms with van der Waals surface area (Å²) in [6.45, 7) is -6.89. The third-order valence-electron chi connectivity index (χ3n) is 8.61. The van der Waals surface area contributed by atoms with Gasteiger partial charge in [0.15, 0.2) is 140 Å². The lowest BCUT2D eigenvalue weighted by molar-refractivity contribution is 0.456. The number of hydrogen-bond acceptors (Lipinski definition) is 0. The molecule has 0 spiro atoms. The first kappa shape index (κ1) is 46.8. The van der Waals surface area contributed by atoms with Crippen LogP contribution in [0.5, 0.6) is 0 Å². The van der Waals surface area contributed by atoms with Crippen molar-refractivity contribution in [2.45, 2.75) is 0 Å². The van der Waals surface area contributed by atoms with Crippen LogP contribution < -0.4 is 32.8 Å². The van der Waals surface area contributed by atoms with Gasteiger partial charge in [-0.25, -0.2) is 105 Å². The van der Waals surface area contributed by atoms with Crippen LogP contribution in [-0.4, -0.2) is 13.4 Å². The highest BCUT2D eigenvalue weighted by atomic mass is 19.2. The van der Waals surface area contributed by atoms with E-state index in [1.807, 2.05) is 0 Å². The van der Waals surface area contributed by atoms with E-state index in [1.54, 1.807) is 0 Å². The van der Waals surface area contributed by atoms with E-state index in [0.717, 1.165) is 0 Å². The highest BCUT2D eigenvalue weighted by Gasteiger charge is 2.44. The van der Waals surface area contributed by atoms with Crippen molar-refractivity contribution in [3.05, 3.63) is 176 Å². The molecule has 324 valence electrons. The third kappa shape index (κ3) is 7.89. The van der Waals surface area contributed by atoms with Crippen molar-refractivity contribution < 1.29 is 105 Å². The quantitative estimate of drug-likeness (QED) is 0.0913. The standard InChI is InChI=1S/2C18H3BF12/c2*20-4-1-5(21)14(27)10(13(4)26)19(11-15(28)6(22)2-7(23)16(11)29)12-17(30)8(24)3-9(25)18(12)31/h2*1-3H. The van der Waals surface area contributed by atoms with Crippen molar-refractivity contribution in [1.82, 2.24) is 0 Å². The van der Waals surface area contributed by atoms with Crippen LogP contribution in [-0.2, 0) is 0 Å². The second-order valence-corrected chi connectivity index (χ2v) is 12.2. The zero-order chi connectivity index (χ0) is 46.7. The van der Waals surface area contributed by atoms with E-state index in [9.17, 15) is 105 Å². The monoisotopic (exact) mass is 916 g/mol. The maximum atomic E-state index is 14.3. The topological polar surface area (TPSA) is 0 Å². The zero-order valence-electron chi connectivity index (χ0n) is 28.7. The molecule has 0 fully saturated rings. The van der Waals surface area contributed by atoms with E-state index in [4.69, 9.17) is 0 Å². The summed E-state index contributed by atoms with van der Waals surface area (Å²) >= 11 is 0. The van der Waals surface area contributed by atoms with Crippen LogP contribution in [0.15, 0.2) is 36.4 Å². The summed E-state index contributed by atoms with van der Waals surface area (Å²) in [4.78, 5) is 0. The van der Waals surface area contributed by atoms with E-state index in [-0.39, 0.29) is 0 Å². The smallest absolute Gasteiger partial charge is 0.204 e. The number of benzene rings is 6. The number of hydrogen-bond donors (Lipinski definition) is 0. The van der Waals surface area contributed by atoms with E-state index in [1.165, 1.54) is 0 Å². The van der Waals surface area contributed by atoms with Crippen LogP contribution in [0.2, 0.25) is 0 Å². The fourth-order valence-electron chi connectivity index (χ4n) is 5.94. The molecule has 0 aliphatic carbocycles. The SMILES string of the molecule is Fc1cc(F)c(F)c(B(c2c(F)c(F)cc(F)c2F)c2c(F)c(F)cc(F)c2F)c1F.Fc1cc(F)c(F)c(B(c2c(F)c(F)cc(F)c2F)c2c(F)c(F)cc(F)c2F)c1F. The maximum Gasteiger partial charge on any atom is 0.265 e. The predicted octanol–water partition coefficient (Wildman–Crippen LogP) is 7.74. The summed E-state index contributed by atoms with van der Waals surface area (Å²) < 4.78 is 336. The Bertz CT molecular complexity index is 2180. The molecule has 0 atom stereocenters. The molecular formula is C36H6B2F24. The minimum absolute atomic E-state index is 0.400. The second-order valence-electron chi connectivity index (χ2n) is 12.2. The molecule has 0 aliphatic rings. The van der Waals surface area contributed by atoms with Gasteiger partial charge in [-0.2, -0.15) is 0 Å². The lowest BCUT2D eigenvalue weighted by Crippen LogP contribution is -2.60. The van der Waals surface area contributed by atoms with Crippen LogP contribution in [0, 0.1) is 140 Å². The normalized spacial score (nSPS) is 11.2. The Morgan fingerprint density at radius 1 is 0.161 bits per heavy atom. The minimum Gasteiger partial charge on any atom is -0.204 e. The molecule has 0 saturated heterocycles. The molecule has 0 bridgehead atoms. The fourth-order valence-corrected chi connectivity index (χ4v) is 5.94. The Morgan fingerprint density at radius 2 is 0.242 bits per heavy atom. The highest BCUT2D eigenvalue weighted by Crippen LogP contribution is 2.22. The van der Waals surface area contributed by atoms with Crippen molar-refractivity contribution >= 4 is 46.2 Å². The molecule has 6 aromatic rings. The van der Waals surface area contributed by atoms with Crippen molar-refractivity contribution in [3.8, 4) is 0 Å². The van der Waals surface area contributed by atoms with Crippen molar-refractivity contribution in [2.24, 2.45) is 0 Å². The molecule has 26 heteroatoms. The average Bonchev–Trinajstić information content (AvgIpc) is 3.19. The van der Waals surface area contributed by atoms with Gasteiger partial charge in [-0.3, -0.25) is 0 Å². The summed E-state index contributed by atoms with van der Waals surface area (Å²) in [5.41, 5.74) is -13.2. The first-order valence-corrected chi connectivity index (χ1v) is 15.7. The van der Waals surface area contributed by atoms with Gasteiger partial charge in [-0.1, -0.05) is 0 Å². The van der Waals surface area contributed by atoms with Gasteiger partial charge in [0.2, 0.25) is 0 Å². The average molecular weight is 916 g/mol. The Balaban J connectivity index is 0.000000234. The highest BCUT2D eigenvalue weighted by molar-refractivity contribution is 6.96. The predicted molar refractivity (Wildman–Crippen MR) is 167 cm³/mol. The molecule has 0 heterocycles. The van der Waals surface area contributed by atoms with Gasteiger partial charge in [-0.05, 0) is 0 Å². The molecule has 0 aliphatic heterocycles. The van der Waals surface area contributed by atoms with Gasteiger partial charge >= 0.3 is 0 Å². The number of halogens is 24. The Morgan fingerprint density at radius 3 is 0.323 bits per heavy atom. The summed E-state index contributed by atoms with van der Waals surface area (Å²) in [5, 5.41) is 0. The molecule has 0 amide bonds. The van der Waals surface area contributed by atoms with E-state index < -0.39 is 222 Å². The van der Waals surface area contributed by atoms with Crippen LogP contribution in [0.1, 0.15) is 0 Å². The Labute approximate surface area is 327 Å². The molecule has 6 aromatic carbocycles. The van der Waals surface area contributed by atoms with Gasteiger partial charge < -0.3 is 0 Å². The summed E-state index contributed by atoms with van der Waals surface area (Å²) in [6.07, 6.45) is 0. The van der Waals surface area contributed by atoms with E-state index in [0.29, 0.717) is 0 Å². The molecule has 0 nitrogen and oxygen atoms in total. The van der Waals surface area contributed by atoms with Crippen LogP contribution >= 0.6 is 0 Å². The van der Waals surface area contributed by atoms with E-state index >= 15 is 0 Å². The Hall–Kier alpha value is -6.23. The summed E-state index contributed by atoms with van der Waals surface area (Å²) in [6, 6.07) is -2.40. The largest absolute Gasteiger partial charge is 0.265 e. The second kappa shape index (κ2) is 17.3. The first-order chi connectivity index (χ1) is 28.8. The van der Waals surface area contributed by atoms with Gasteiger partial charge in [0.1, 0.15) is 0 Å². The van der Waals surface area contributed by atoms with Crippen molar-refractivity contribution in [2.75, 3.05) is 0 Å². The molecular weight excluding hydrogens is 910 g/mol. The summed E-state index contributed by atoms with van der Waals surface area (Å²) in [7, 11) is 0. The van der Waals surface area contributed by atoms with Gasteiger partial charge in [0.25, 0.3) is 13.4 Å². The van der Waals surface area contributed by atoms with Crippen molar-refractivity contribution in [1.29, 1.82) is 0 Å². The molecule has 0 aromatic heterocycles. The Kier molecular flexibility index (Phi) is 13.0. The fraction of sp³-hybridized carbons (Fsp3) is 0. The van der Waals surface area contributed by atoms with Crippen LogP contribution in [0.3, 0.4) is 0 Å². The molecule has 62 heavy (non-hydrogen) atoms. The van der Waals surface area contributed by atoms with E-state index in [2.05, 4.69) is 0 Å². The van der Waals surface area contributed by atoms with Crippen LogP contribution in [0.25, 0.3) is 0 Å². The molecule has 6 rings (SSSR count). The summed E-state index contributed by atoms with van der Waals surface area (Å²) in [5.74, 6) is -57.1. The molecule has 0 N–H and O–H groups in total. The first-order valence-electron chi connectivity index (χ1n) is 15.7. The molecule has 0 unspecified atom stereocenters. The zero-order valence-corrected chi connectivity index (χ0v) is 28.7. The van der Waals surface area contributed by atoms with Crippen LogP contribution in [0.4, 0.5) is 105 Å². The number of rotatable bonds is 6. The minimum atomic E-state index is -3.44. The maximum absolute atomic E-state index is 14.3. The lowest BCUT2D eigenvalue weighted by atomic mass is 9.36. The molecule has 0 saturated carbocycles. The van der Waals surface area contributed by atoms with Crippen molar-refractivity contribution in [3.63, 3.8) is 0 Å². The lowest BCUT2D eigenvalue weighted by Gasteiger charge is -2.20. The van der Waals surface area contributed by atoms with Gasteiger partial charge in [0, 0.05) is 69.2 Å². The molecule has 0 radical (unpaired) electrons.